The van der Waals surface area contributed by atoms with Crippen molar-refractivity contribution in [2.45, 2.75) is 230 Å². The lowest BCUT2D eigenvalue weighted by atomic mass is 9.93. The molecule has 0 spiro atoms. The Morgan fingerprint density at radius 1 is 0.545 bits per heavy atom. The van der Waals surface area contributed by atoms with Crippen molar-refractivity contribution in [1.29, 1.82) is 0 Å². The van der Waals surface area contributed by atoms with E-state index in [0.717, 1.165) is 26.5 Å². The van der Waals surface area contributed by atoms with Gasteiger partial charge in [0, 0.05) is 38.2 Å². The third-order valence-corrected chi connectivity index (χ3v) is 17.4. The molecule has 0 saturated carbocycles. The summed E-state index contributed by atoms with van der Waals surface area (Å²) in [4.78, 5) is 87.7. The van der Waals surface area contributed by atoms with Gasteiger partial charge in [-0.3, -0.25) is 24.0 Å². The Bertz CT molecular complexity index is 2380. The van der Waals surface area contributed by atoms with Gasteiger partial charge in [-0.15, -0.1) is 0 Å². The Morgan fingerprint density at radius 3 is 1.64 bits per heavy atom. The normalized spacial score (nSPS) is 42.0. The molecule has 0 aliphatic carbocycles. The average Bonchev–Trinajstić information content (AvgIpc) is 1.19. The molecule has 21 N–H and O–H groups in total. The van der Waals surface area contributed by atoms with Crippen molar-refractivity contribution < 1.29 is 148 Å². The van der Waals surface area contributed by atoms with Crippen molar-refractivity contribution in [3.8, 4) is 0 Å². The highest BCUT2D eigenvalue weighted by Crippen LogP contribution is 2.36. The summed E-state index contributed by atoms with van der Waals surface area (Å²) in [5, 5.41) is 169. The van der Waals surface area contributed by atoms with Gasteiger partial charge in [0.05, 0.1) is 51.5 Å². The minimum Gasteiger partial charge on any atom is -0.480 e. The molecule has 7 aliphatic rings. The first-order valence-corrected chi connectivity index (χ1v) is 29.5. The van der Waals surface area contributed by atoms with Gasteiger partial charge in [0.2, 0.25) is 29.5 Å². The number of fused-ring (bicyclic) bond motifs is 1. The topological polar surface area (TPSA) is 570 Å². The maximum atomic E-state index is 13.5. The molecular weight excluding hydrogens is 1210 g/mol. The highest BCUT2D eigenvalue weighted by atomic mass is 32.2. The number of urea groups is 1. The minimum atomic E-state index is -2.18. The zero-order valence-corrected chi connectivity index (χ0v) is 48.5. The predicted molar refractivity (Wildman–Crippen MR) is 285 cm³/mol. The molecule has 7 saturated heterocycles. The van der Waals surface area contributed by atoms with Gasteiger partial charge in [0.15, 0.2) is 31.4 Å². The monoisotopic (exact) mass is 1290 g/mol. The lowest BCUT2D eigenvalue weighted by Crippen LogP contribution is -2.71. The number of thioether (sulfide) groups is 1. The molecule has 88 heavy (non-hydrogen) atoms. The van der Waals surface area contributed by atoms with Gasteiger partial charge in [-0.25, -0.2) is 9.59 Å². The maximum absolute atomic E-state index is 13.5. The molecule has 0 aromatic rings. The number of carboxylic acid groups (broad SMARTS) is 1. The second-order valence-electron chi connectivity index (χ2n) is 22.3. The molecule has 502 valence electrons. The summed E-state index contributed by atoms with van der Waals surface area (Å²) < 4.78 is 52.6. The van der Waals surface area contributed by atoms with Gasteiger partial charge in [0.1, 0.15) is 128 Å². The fraction of sp³-hybridized carbons (Fsp3) is 0.860. The van der Waals surface area contributed by atoms with Gasteiger partial charge in [0.25, 0.3) is 0 Å². The molecular formula is C50H81N7O30S. The van der Waals surface area contributed by atoms with E-state index < -0.39 is 234 Å². The highest BCUT2D eigenvalue weighted by molar-refractivity contribution is 8.00. The Labute approximate surface area is 505 Å². The van der Waals surface area contributed by atoms with Crippen molar-refractivity contribution in [3.63, 3.8) is 0 Å². The van der Waals surface area contributed by atoms with Crippen LogP contribution >= 0.6 is 11.8 Å². The Hall–Kier alpha value is -4.44. The molecule has 0 aromatic carbocycles. The molecule has 7 aliphatic heterocycles. The van der Waals surface area contributed by atoms with E-state index in [9.17, 15) is 105 Å². The summed E-state index contributed by atoms with van der Waals surface area (Å²) in [6.45, 7) is -1.69. The Balaban J connectivity index is 0.995. The fourth-order valence-corrected chi connectivity index (χ4v) is 13.0. The number of amides is 7. The molecule has 37 nitrogen and oxygen atoms in total. The molecule has 0 aromatic heterocycles. The fourth-order valence-electron chi connectivity index (χ4n) is 11.4. The van der Waals surface area contributed by atoms with E-state index in [1.807, 2.05) is 0 Å². The molecule has 7 amide bonds. The molecule has 0 radical (unpaired) electrons. The van der Waals surface area contributed by atoms with E-state index in [4.69, 9.17) is 42.6 Å². The quantitative estimate of drug-likeness (QED) is 0.0282. The number of hydrogen-bond donors (Lipinski definition) is 21. The van der Waals surface area contributed by atoms with Gasteiger partial charge in [-0.1, -0.05) is 6.42 Å². The number of aliphatic hydroxyl groups is 13. The number of unbranched alkanes of at least 4 members (excludes halogenated alkanes) is 1. The lowest BCUT2D eigenvalue weighted by molar-refractivity contribution is -0.372. The van der Waals surface area contributed by atoms with Crippen molar-refractivity contribution in [2.75, 3.05) is 38.8 Å². The molecule has 0 bridgehead atoms. The van der Waals surface area contributed by atoms with E-state index in [2.05, 4.69) is 37.2 Å². The van der Waals surface area contributed by atoms with Crippen LogP contribution in [0.15, 0.2) is 0 Å². The maximum Gasteiger partial charge on any atom is 0.326 e. The first-order valence-electron chi connectivity index (χ1n) is 28.4. The Morgan fingerprint density at radius 2 is 1.05 bits per heavy atom. The summed E-state index contributed by atoms with van der Waals surface area (Å²) >= 11 is 1.69. The smallest absolute Gasteiger partial charge is 0.326 e. The largest absolute Gasteiger partial charge is 0.480 e. The van der Waals surface area contributed by atoms with Crippen LogP contribution in [0.5, 0.6) is 0 Å². The van der Waals surface area contributed by atoms with E-state index in [1.165, 1.54) is 0 Å². The molecule has 7 heterocycles. The zero-order valence-electron chi connectivity index (χ0n) is 47.7. The summed E-state index contributed by atoms with van der Waals surface area (Å²) in [5.74, 6) is -4.99. The standard InChI is InChI=1S/C50H81N7O30S/c1-15(62)51-29-36(71)41(22(11-60)80-44(29)56-27(66)8-18(45(76)77)54-26(65)7-5-4-6-25-28-19(14-88-25)55-50(78)57-28)85-47-31(53-17(3)64)37(72)42(23(12-61)83-47)86-48-40(75)38(73)34(69)24(84-48)13-79-49-43(39(74)33(68)21(10-59)82-49)87-46-30(52-16(2)63)35(70)32(67)20(9-58)81-46/h18-25,28-44,46-49,58-61,67-75H,4-14H2,1-3H3,(H,51,62)(H,52,63)(H,53,64)(H,54,65)(H,56,66)(H,76,77)(H2,55,57,78)/t18?,19?,20-,21?,22?,23?,24?,25?,28?,29?,30?,31?,32-,33+,34+,35?,36-,37-,38+,39+,40?,41+,42+,43?,44-,46-,47+,48+,49-/m1/s1. The second kappa shape index (κ2) is 31.7. The van der Waals surface area contributed by atoms with Gasteiger partial charge >= 0.3 is 12.0 Å². The van der Waals surface area contributed by atoms with Crippen molar-refractivity contribution in [2.24, 2.45) is 0 Å². The van der Waals surface area contributed by atoms with Crippen molar-refractivity contribution in [1.82, 2.24) is 37.2 Å². The van der Waals surface area contributed by atoms with Gasteiger partial charge in [-0.2, -0.15) is 11.8 Å². The molecule has 14 unspecified atom stereocenters. The number of aliphatic hydroxyl groups excluding tert-OH is 13. The average molecular weight is 1290 g/mol. The van der Waals surface area contributed by atoms with Gasteiger partial charge in [-0.05, 0) is 12.8 Å². The molecule has 7 rings (SSSR count). The molecule has 38 heteroatoms. The lowest BCUT2D eigenvalue weighted by Gasteiger charge is -2.50. The highest BCUT2D eigenvalue weighted by Gasteiger charge is 2.57. The third kappa shape index (κ3) is 17.0. The summed E-state index contributed by atoms with van der Waals surface area (Å²) in [6, 6.07) is -7.06. The van der Waals surface area contributed by atoms with Crippen LogP contribution < -0.4 is 37.2 Å². The number of carbonyl (C=O) groups excluding carboxylic acids is 6. The third-order valence-electron chi connectivity index (χ3n) is 15.9. The first kappa shape index (κ1) is 71.0. The van der Waals surface area contributed by atoms with E-state index in [1.54, 1.807) is 11.8 Å². The van der Waals surface area contributed by atoms with E-state index >= 15 is 0 Å². The van der Waals surface area contributed by atoms with Crippen molar-refractivity contribution >= 4 is 53.3 Å². The van der Waals surface area contributed by atoms with Crippen LogP contribution in [0.3, 0.4) is 0 Å². The predicted octanol–water partition coefficient (Wildman–Crippen LogP) is -11.7. The van der Waals surface area contributed by atoms with Crippen LogP contribution in [0, 0.1) is 0 Å². The number of hydrogen-bond acceptors (Lipinski definition) is 30. The van der Waals surface area contributed by atoms with Crippen LogP contribution in [0.25, 0.3) is 0 Å². The first-order chi connectivity index (χ1) is 41.7. The number of nitrogens with one attached hydrogen (secondary N) is 7. The van der Waals surface area contributed by atoms with Gasteiger partial charge < -0.3 is 151 Å². The number of carbonyl (C=O) groups is 7. The minimum absolute atomic E-state index is 0.0110. The molecule has 7 fully saturated rings. The second-order valence-corrected chi connectivity index (χ2v) is 23.6. The SMILES string of the molecule is CC(=O)NC1C(O)[C@H](O)[C@@H](CO)O[C@@H]1OC1[C@H](OCC2O[C@@H](O[C@H]3C(CO)O[C@@H](O[C@H]4C(CO)O[C@@H](NC(=O)CC(NC(=O)CCCCC5SCC6NC(=O)NC65)C(=O)O)C(NC(C)=O)[C@H]4O)C(NC(C)=O)[C@H]3O)C(O)[C@@H](O)[C@H]2O)OC(CO)[C@H](O)[C@@H]1O. The Kier molecular flexibility index (Phi) is 25.6. The summed E-state index contributed by atoms with van der Waals surface area (Å²) in [7, 11) is 0. The number of carboxylic acids is 1. The van der Waals surface area contributed by atoms with Crippen molar-refractivity contribution in [3.05, 3.63) is 0 Å². The van der Waals surface area contributed by atoms with E-state index in [0.29, 0.717) is 19.3 Å². The van der Waals surface area contributed by atoms with E-state index in [-0.39, 0.29) is 29.8 Å². The van der Waals surface area contributed by atoms with Crippen LogP contribution in [0.4, 0.5) is 4.79 Å². The summed E-state index contributed by atoms with van der Waals surface area (Å²) in [6.07, 6.45) is -40.7. The number of ether oxygens (including phenoxy) is 9. The molecule has 29 atom stereocenters. The van der Waals surface area contributed by atoms with Crippen LogP contribution in [-0.4, -0.2) is 328 Å². The number of aliphatic carboxylic acids is 1. The number of rotatable bonds is 26. The zero-order chi connectivity index (χ0) is 64.6. The van der Waals surface area contributed by atoms with Crippen LogP contribution in [-0.2, 0) is 71.4 Å². The summed E-state index contributed by atoms with van der Waals surface area (Å²) in [5.41, 5.74) is 0. The van der Waals surface area contributed by atoms with Crippen LogP contribution in [0.2, 0.25) is 0 Å². The van der Waals surface area contributed by atoms with Crippen LogP contribution in [0.1, 0.15) is 52.9 Å².